The molecule has 0 amide bonds. The average molecular weight is 695 g/mol. The first-order chi connectivity index (χ1) is 17.8. The summed E-state index contributed by atoms with van der Waals surface area (Å²) in [4.78, 5) is 21.4. The number of hydrogen-bond acceptors (Lipinski definition) is 5. The summed E-state index contributed by atoms with van der Waals surface area (Å²) in [5.41, 5.74) is 1.50. The van der Waals surface area contributed by atoms with E-state index in [1.54, 1.807) is 36.4 Å². The molecular formula is C28H16F4IrN3O2. The van der Waals surface area contributed by atoms with Crippen LogP contribution in [0.3, 0.4) is 0 Å². The SMILES string of the molecule is Fc1ccc(-c2cc[c-]cn2)c(F)c1.Fc1ccc(-c2cc[c-]cn2)c(F)c1.O=C([O-])c1ccccn1.[Ir+3]. The van der Waals surface area contributed by atoms with E-state index in [2.05, 4.69) is 27.1 Å². The van der Waals surface area contributed by atoms with E-state index in [-0.39, 0.29) is 25.8 Å². The second-order valence-electron chi connectivity index (χ2n) is 7.04. The topological polar surface area (TPSA) is 78.8 Å². The van der Waals surface area contributed by atoms with Crippen LogP contribution in [-0.4, -0.2) is 20.9 Å². The summed E-state index contributed by atoms with van der Waals surface area (Å²) < 4.78 is 51.7. The monoisotopic (exact) mass is 695 g/mol. The van der Waals surface area contributed by atoms with Crippen molar-refractivity contribution in [3.05, 3.63) is 139 Å². The van der Waals surface area contributed by atoms with Crippen molar-refractivity contribution < 1.29 is 47.6 Å². The maximum Gasteiger partial charge on any atom is 3.00 e. The zero-order valence-electron chi connectivity index (χ0n) is 19.2. The number of pyridine rings is 3. The third-order valence-electron chi connectivity index (χ3n) is 4.52. The van der Waals surface area contributed by atoms with Gasteiger partial charge in [-0.1, -0.05) is 18.5 Å². The van der Waals surface area contributed by atoms with Crippen LogP contribution in [0.25, 0.3) is 22.5 Å². The Kier molecular flexibility index (Phi) is 11.9. The Morgan fingerprint density at radius 1 is 0.684 bits per heavy atom. The smallest absolute Gasteiger partial charge is 0.543 e. The molecule has 0 saturated heterocycles. The fraction of sp³-hybridized carbons (Fsp3) is 0. The normalized spacial score (nSPS) is 9.58. The van der Waals surface area contributed by atoms with Gasteiger partial charge < -0.3 is 9.90 Å². The second kappa shape index (κ2) is 15.1. The number of aromatic carboxylic acids is 1. The minimum absolute atomic E-state index is 0. The van der Waals surface area contributed by atoms with Crippen LogP contribution in [-0.2, 0) is 20.1 Å². The summed E-state index contributed by atoms with van der Waals surface area (Å²) in [6.07, 6.45) is 4.29. The van der Waals surface area contributed by atoms with E-state index in [4.69, 9.17) is 0 Å². The zero-order valence-corrected chi connectivity index (χ0v) is 21.6. The molecule has 5 nitrogen and oxygen atoms in total. The van der Waals surface area contributed by atoms with Crippen LogP contribution < -0.4 is 5.11 Å². The van der Waals surface area contributed by atoms with Gasteiger partial charge in [0.15, 0.2) is 0 Å². The van der Waals surface area contributed by atoms with E-state index in [0.29, 0.717) is 22.5 Å². The number of carboxylic acid groups (broad SMARTS) is 1. The van der Waals surface area contributed by atoms with Gasteiger partial charge in [-0.2, -0.15) is 12.1 Å². The minimum Gasteiger partial charge on any atom is -0.543 e. The molecule has 0 atom stereocenters. The standard InChI is InChI=1S/2C11H6F2N.C6H5NO2.Ir/c2*12-8-4-5-9(10(13)7-8)11-3-1-2-6-14-11;8-6(9)5-3-1-2-4-7-5;/h2*1,3-7H;1-4H,(H,8,9);/q2*-1;;+3/p-1. The number of rotatable bonds is 3. The molecule has 0 spiro atoms. The summed E-state index contributed by atoms with van der Waals surface area (Å²) in [6, 6.07) is 23.4. The number of carbonyl (C=O) groups excluding carboxylic acids is 1. The molecule has 0 N–H and O–H groups in total. The van der Waals surface area contributed by atoms with Crippen molar-refractivity contribution in [3.63, 3.8) is 0 Å². The summed E-state index contributed by atoms with van der Waals surface area (Å²) >= 11 is 0. The Hall–Kier alpha value is -4.27. The van der Waals surface area contributed by atoms with Gasteiger partial charge in [0, 0.05) is 29.5 Å². The van der Waals surface area contributed by atoms with Crippen molar-refractivity contribution in [3.8, 4) is 22.5 Å². The summed E-state index contributed by atoms with van der Waals surface area (Å²) in [7, 11) is 0. The van der Waals surface area contributed by atoms with E-state index in [1.165, 1.54) is 48.9 Å². The minimum atomic E-state index is -1.24. The van der Waals surface area contributed by atoms with Crippen LogP contribution in [0, 0.1) is 35.4 Å². The molecule has 0 aliphatic rings. The van der Waals surface area contributed by atoms with Gasteiger partial charge in [-0.15, -0.1) is 0 Å². The van der Waals surface area contributed by atoms with Crippen LogP contribution in [0.15, 0.2) is 97.5 Å². The van der Waals surface area contributed by atoms with Crippen molar-refractivity contribution in [1.82, 2.24) is 15.0 Å². The van der Waals surface area contributed by atoms with Gasteiger partial charge in [-0.05, 0) is 47.8 Å². The van der Waals surface area contributed by atoms with E-state index in [0.717, 1.165) is 12.1 Å². The van der Waals surface area contributed by atoms with E-state index < -0.39 is 29.2 Å². The van der Waals surface area contributed by atoms with Crippen molar-refractivity contribution >= 4 is 5.97 Å². The van der Waals surface area contributed by atoms with Crippen LogP contribution in [0.2, 0.25) is 0 Å². The molecule has 38 heavy (non-hydrogen) atoms. The van der Waals surface area contributed by atoms with Gasteiger partial charge in [0.2, 0.25) is 0 Å². The van der Waals surface area contributed by atoms with Crippen molar-refractivity contribution in [2.75, 3.05) is 0 Å². The van der Waals surface area contributed by atoms with Crippen LogP contribution in [0.4, 0.5) is 17.6 Å². The Morgan fingerprint density at radius 2 is 1.18 bits per heavy atom. The fourth-order valence-electron chi connectivity index (χ4n) is 2.84. The zero-order chi connectivity index (χ0) is 26.6. The van der Waals surface area contributed by atoms with Gasteiger partial charge in [0.25, 0.3) is 0 Å². The molecular weight excluding hydrogens is 679 g/mol. The Labute approximate surface area is 229 Å². The first-order valence-corrected chi connectivity index (χ1v) is 10.5. The summed E-state index contributed by atoms with van der Waals surface area (Å²) in [6.45, 7) is 0. The second-order valence-corrected chi connectivity index (χ2v) is 7.04. The number of halogens is 4. The Bertz CT molecular complexity index is 1360. The third-order valence-corrected chi connectivity index (χ3v) is 4.52. The molecule has 2 aromatic carbocycles. The summed E-state index contributed by atoms with van der Waals surface area (Å²) in [5, 5.41) is 10.0. The maximum absolute atomic E-state index is 13.2. The molecule has 0 saturated carbocycles. The molecule has 0 aliphatic heterocycles. The van der Waals surface area contributed by atoms with Crippen molar-refractivity contribution in [2.45, 2.75) is 0 Å². The molecule has 3 heterocycles. The predicted octanol–water partition coefficient (Wildman–Crippen LogP) is 5.10. The molecule has 0 bridgehead atoms. The first-order valence-electron chi connectivity index (χ1n) is 10.5. The number of benzene rings is 2. The van der Waals surface area contributed by atoms with Gasteiger partial charge >= 0.3 is 20.1 Å². The molecule has 192 valence electrons. The van der Waals surface area contributed by atoms with Crippen molar-refractivity contribution in [2.24, 2.45) is 0 Å². The average Bonchev–Trinajstić information content (AvgIpc) is 2.91. The van der Waals surface area contributed by atoms with Gasteiger partial charge in [-0.3, -0.25) is 15.0 Å². The van der Waals surface area contributed by atoms with Gasteiger partial charge in [-0.25, -0.2) is 41.8 Å². The summed E-state index contributed by atoms with van der Waals surface area (Å²) in [5.74, 6) is -3.63. The molecule has 5 aromatic rings. The Morgan fingerprint density at radius 3 is 1.50 bits per heavy atom. The molecule has 10 heteroatoms. The van der Waals surface area contributed by atoms with E-state index >= 15 is 0 Å². The molecule has 0 fully saturated rings. The third kappa shape index (κ3) is 8.99. The maximum atomic E-state index is 13.2. The largest absolute Gasteiger partial charge is 3.00 e. The van der Waals surface area contributed by atoms with E-state index in [9.17, 15) is 27.5 Å². The number of aromatic nitrogens is 3. The predicted molar refractivity (Wildman–Crippen MR) is 125 cm³/mol. The number of carboxylic acids is 1. The molecule has 0 aliphatic carbocycles. The number of nitrogens with zero attached hydrogens (tertiary/aromatic N) is 3. The number of carbonyl (C=O) groups is 1. The van der Waals surface area contributed by atoms with Crippen LogP contribution >= 0.6 is 0 Å². The van der Waals surface area contributed by atoms with Gasteiger partial charge in [0.1, 0.15) is 23.3 Å². The Balaban J connectivity index is 0.000000203. The fourth-order valence-corrected chi connectivity index (χ4v) is 2.84. The van der Waals surface area contributed by atoms with E-state index in [1.807, 2.05) is 0 Å². The molecule has 3 aromatic heterocycles. The van der Waals surface area contributed by atoms with Crippen molar-refractivity contribution in [1.29, 1.82) is 0 Å². The molecule has 5 rings (SSSR count). The quantitative estimate of drug-likeness (QED) is 0.194. The van der Waals surface area contributed by atoms with Crippen LogP contribution in [0.1, 0.15) is 10.5 Å². The molecule has 0 unspecified atom stereocenters. The van der Waals surface area contributed by atoms with Crippen LogP contribution in [0.5, 0.6) is 0 Å². The number of hydrogen-bond donors (Lipinski definition) is 0. The van der Waals surface area contributed by atoms with Gasteiger partial charge in [0.05, 0.1) is 11.7 Å². The molecule has 0 radical (unpaired) electrons. The first kappa shape index (κ1) is 30.0.